The van der Waals surface area contributed by atoms with Gasteiger partial charge in [-0.2, -0.15) is 8.78 Å². The zero-order chi connectivity index (χ0) is 26.0. The van der Waals surface area contributed by atoms with Crippen LogP contribution >= 0.6 is 0 Å². The number of hydrogen-bond acceptors (Lipinski definition) is 3. The van der Waals surface area contributed by atoms with Crippen LogP contribution in [0.25, 0.3) is 11.1 Å². The maximum Gasteiger partial charge on any atom is 0.294 e. The van der Waals surface area contributed by atoms with Gasteiger partial charge in [-0.1, -0.05) is 55.0 Å². The number of Topliss-reactive ketones (excluding diaryl/α,β-unsaturated/α-hetero) is 1. The molecule has 6 unspecified atom stereocenters. The highest BCUT2D eigenvalue weighted by atomic mass is 19.3. The van der Waals surface area contributed by atoms with Crippen molar-refractivity contribution in [1.29, 1.82) is 0 Å². The molecule has 0 saturated heterocycles. The quantitative estimate of drug-likeness (QED) is 0.446. The Morgan fingerprint density at radius 1 is 1.11 bits per heavy atom. The number of aliphatic hydroxyl groups is 1. The van der Waals surface area contributed by atoms with Crippen LogP contribution in [0.1, 0.15) is 69.8 Å². The van der Waals surface area contributed by atoms with Crippen LogP contribution < -0.4 is 0 Å². The summed E-state index contributed by atoms with van der Waals surface area (Å²) in [5.41, 5.74) is 2.94. The van der Waals surface area contributed by atoms with E-state index in [0.717, 1.165) is 36.0 Å². The van der Waals surface area contributed by atoms with Crippen molar-refractivity contribution in [1.82, 2.24) is 4.98 Å². The second-order valence-corrected chi connectivity index (χ2v) is 12.0. The molecular weight excluding hydrogens is 468 g/mol. The Bertz CT molecular complexity index is 1250. The zero-order valence-corrected chi connectivity index (χ0v) is 21.4. The van der Waals surface area contributed by atoms with Crippen LogP contribution in [0.2, 0.25) is 0 Å². The minimum atomic E-state index is -3.36. The number of halogens is 2. The number of allylic oxidation sites excluding steroid dienone is 2. The Labute approximate surface area is 217 Å². The number of fused-ring (bicyclic) bond motifs is 4. The van der Waals surface area contributed by atoms with Crippen LogP contribution in [0.15, 0.2) is 72.6 Å². The number of nitrogens with zero attached hydrogens (tertiary/aromatic N) is 1. The fourth-order valence-corrected chi connectivity index (χ4v) is 8.54. The van der Waals surface area contributed by atoms with E-state index < -0.39 is 16.9 Å². The molecule has 6 atom stereocenters. The van der Waals surface area contributed by atoms with Gasteiger partial charge in [-0.15, -0.1) is 0 Å². The Kier molecular flexibility index (Phi) is 5.79. The first-order chi connectivity index (χ1) is 17.7. The number of carbonyl (C=O) groups is 1. The van der Waals surface area contributed by atoms with Gasteiger partial charge >= 0.3 is 0 Å². The lowest BCUT2D eigenvalue weighted by molar-refractivity contribution is -0.214. The van der Waals surface area contributed by atoms with Gasteiger partial charge in [-0.3, -0.25) is 9.78 Å². The summed E-state index contributed by atoms with van der Waals surface area (Å²) in [6.07, 6.45) is 9.19. The summed E-state index contributed by atoms with van der Waals surface area (Å²) in [5, 5.41) is 11.7. The molecule has 1 N–H and O–H groups in total. The van der Waals surface area contributed by atoms with E-state index >= 15 is 8.78 Å². The normalized spacial score (nSPS) is 35.5. The van der Waals surface area contributed by atoms with E-state index in [1.165, 1.54) is 11.1 Å². The second-order valence-electron chi connectivity index (χ2n) is 12.0. The molecule has 1 aromatic carbocycles. The molecule has 3 nitrogen and oxygen atoms in total. The highest BCUT2D eigenvalue weighted by Crippen LogP contribution is 2.69. The minimum Gasteiger partial charge on any atom is -0.383 e. The highest BCUT2D eigenvalue weighted by Gasteiger charge is 2.70. The summed E-state index contributed by atoms with van der Waals surface area (Å²) in [7, 11) is 0. The van der Waals surface area contributed by atoms with Gasteiger partial charge in [0, 0.05) is 36.6 Å². The number of ketones is 1. The third kappa shape index (κ3) is 3.60. The van der Waals surface area contributed by atoms with Gasteiger partial charge in [-0.25, -0.2) is 0 Å². The number of carbonyl (C=O) groups excluding carboxylic acids is 1. The van der Waals surface area contributed by atoms with Crippen LogP contribution in [-0.4, -0.2) is 27.4 Å². The van der Waals surface area contributed by atoms with Crippen LogP contribution in [0.4, 0.5) is 8.78 Å². The van der Waals surface area contributed by atoms with Crippen molar-refractivity contribution in [2.75, 3.05) is 0 Å². The first kappa shape index (κ1) is 24.7. The first-order valence-corrected chi connectivity index (χ1v) is 13.7. The number of alkyl halides is 2. The number of hydrogen-bond donors (Lipinski definition) is 1. The summed E-state index contributed by atoms with van der Waals surface area (Å²) in [6, 6.07) is 12.4. The molecule has 1 heterocycles. The van der Waals surface area contributed by atoms with Gasteiger partial charge in [0.1, 0.15) is 11.4 Å². The molecular formula is C32H35F2NO2. The van der Waals surface area contributed by atoms with E-state index in [9.17, 15) is 9.90 Å². The molecule has 3 saturated carbocycles. The Balaban J connectivity index is 1.47. The van der Waals surface area contributed by atoms with Crippen molar-refractivity contribution >= 4 is 5.78 Å². The van der Waals surface area contributed by atoms with E-state index in [4.69, 9.17) is 0 Å². The lowest BCUT2D eigenvalue weighted by Gasteiger charge is -2.56. The van der Waals surface area contributed by atoms with Crippen molar-refractivity contribution in [2.45, 2.75) is 75.7 Å². The van der Waals surface area contributed by atoms with E-state index in [-0.39, 0.29) is 30.1 Å². The van der Waals surface area contributed by atoms with Gasteiger partial charge in [0.2, 0.25) is 0 Å². The summed E-state index contributed by atoms with van der Waals surface area (Å²) >= 11 is 0. The van der Waals surface area contributed by atoms with E-state index in [0.29, 0.717) is 37.5 Å². The maximum atomic E-state index is 15.3. The van der Waals surface area contributed by atoms with E-state index in [1.54, 1.807) is 6.20 Å². The number of aromatic nitrogens is 1. The largest absolute Gasteiger partial charge is 0.383 e. The van der Waals surface area contributed by atoms with Gasteiger partial charge in [-0.05, 0) is 85.1 Å². The smallest absolute Gasteiger partial charge is 0.294 e. The van der Waals surface area contributed by atoms with Gasteiger partial charge in [0.15, 0.2) is 0 Å². The molecule has 3 fully saturated rings. The molecule has 0 aliphatic heterocycles. The molecule has 1 aromatic heterocycles. The average molecular weight is 504 g/mol. The third-order valence-corrected chi connectivity index (χ3v) is 10.4. The molecule has 0 spiro atoms. The standard InChI is InChI=1S/C32H35F2NO2/c1-3-32(33,34)31(37)15-14-28-26-12-10-22-17-24(36)11-13-25(22)29(26)27(18-30(28,31)2)21-8-6-20(7-9-21)23-5-4-16-35-19-23/h3-9,16,19,22,26-28,37H,1,10-15,17-18H2,2H3. The molecule has 4 aliphatic carbocycles. The molecule has 5 heteroatoms. The topological polar surface area (TPSA) is 50.2 Å². The fourth-order valence-electron chi connectivity index (χ4n) is 8.54. The molecule has 6 rings (SSSR count). The summed E-state index contributed by atoms with van der Waals surface area (Å²) < 4.78 is 30.7. The predicted molar refractivity (Wildman–Crippen MR) is 140 cm³/mol. The SMILES string of the molecule is C=CC(F)(F)C1(O)CCC2C3CCC4CC(=O)CCC4=C3C(c3ccc(-c4cccnc4)cc3)CC21C. The summed E-state index contributed by atoms with van der Waals surface area (Å²) in [5.74, 6) is -2.63. The van der Waals surface area contributed by atoms with Gasteiger partial charge < -0.3 is 5.11 Å². The summed E-state index contributed by atoms with van der Waals surface area (Å²) in [6.45, 7) is 5.29. The second kappa shape index (κ2) is 8.69. The van der Waals surface area contributed by atoms with Crippen molar-refractivity contribution < 1.29 is 18.7 Å². The average Bonchev–Trinajstić information content (AvgIpc) is 3.20. The number of rotatable bonds is 4. The molecule has 4 aliphatic rings. The molecule has 194 valence electrons. The Morgan fingerprint density at radius 2 is 1.89 bits per heavy atom. The van der Waals surface area contributed by atoms with Gasteiger partial charge in [0.05, 0.1) is 0 Å². The first-order valence-electron chi connectivity index (χ1n) is 13.7. The van der Waals surface area contributed by atoms with Crippen molar-refractivity contribution in [3.63, 3.8) is 0 Å². The summed E-state index contributed by atoms with van der Waals surface area (Å²) in [4.78, 5) is 16.5. The molecule has 0 amide bonds. The lowest BCUT2D eigenvalue weighted by Crippen LogP contribution is -2.59. The van der Waals surface area contributed by atoms with Crippen molar-refractivity contribution in [2.24, 2.45) is 23.2 Å². The zero-order valence-electron chi connectivity index (χ0n) is 21.4. The third-order valence-electron chi connectivity index (χ3n) is 10.4. The highest BCUT2D eigenvalue weighted by molar-refractivity contribution is 5.81. The minimum absolute atomic E-state index is 0.00433. The van der Waals surface area contributed by atoms with Crippen LogP contribution in [-0.2, 0) is 4.79 Å². The molecule has 2 aromatic rings. The number of benzene rings is 1. The monoisotopic (exact) mass is 503 g/mol. The number of pyridine rings is 1. The Morgan fingerprint density at radius 3 is 2.59 bits per heavy atom. The lowest BCUT2D eigenvalue weighted by atomic mass is 9.50. The molecule has 37 heavy (non-hydrogen) atoms. The maximum absolute atomic E-state index is 15.3. The predicted octanol–water partition coefficient (Wildman–Crippen LogP) is 7.28. The van der Waals surface area contributed by atoms with Gasteiger partial charge in [0.25, 0.3) is 5.92 Å². The fraction of sp³-hybridized carbons (Fsp3) is 0.500. The molecule has 0 radical (unpaired) electrons. The Hall–Kier alpha value is -2.66. The van der Waals surface area contributed by atoms with Crippen molar-refractivity contribution in [3.05, 3.63) is 78.2 Å². The van der Waals surface area contributed by atoms with E-state index in [2.05, 4.69) is 35.8 Å². The van der Waals surface area contributed by atoms with E-state index in [1.807, 2.05) is 25.3 Å². The van der Waals surface area contributed by atoms with Crippen LogP contribution in [0, 0.1) is 23.2 Å². The molecule has 0 bridgehead atoms. The van der Waals surface area contributed by atoms with Crippen LogP contribution in [0.5, 0.6) is 0 Å². The van der Waals surface area contributed by atoms with Crippen molar-refractivity contribution in [3.8, 4) is 11.1 Å². The van der Waals surface area contributed by atoms with Crippen LogP contribution in [0.3, 0.4) is 0 Å².